The Balaban J connectivity index is 1.63. The Morgan fingerprint density at radius 2 is 1.85 bits per heavy atom. The lowest BCUT2D eigenvalue weighted by Crippen LogP contribution is -2.37. The average Bonchev–Trinajstić information content (AvgIpc) is 2.97. The molecule has 2 aromatic heterocycles. The fourth-order valence-electron chi connectivity index (χ4n) is 3.46. The maximum atomic E-state index is 6.07. The van der Waals surface area contributed by atoms with E-state index in [-0.39, 0.29) is 0 Å². The van der Waals surface area contributed by atoms with Gasteiger partial charge in [0.2, 0.25) is 0 Å². The lowest BCUT2D eigenvalue weighted by Gasteiger charge is -2.37. The van der Waals surface area contributed by atoms with Crippen LogP contribution in [0.2, 0.25) is 0 Å². The highest BCUT2D eigenvalue weighted by Crippen LogP contribution is 2.32. The highest BCUT2D eigenvalue weighted by molar-refractivity contribution is 5.83. The van der Waals surface area contributed by atoms with E-state index >= 15 is 0 Å². The van der Waals surface area contributed by atoms with Crippen molar-refractivity contribution in [3.05, 3.63) is 36.0 Å². The molecule has 7 heteroatoms. The number of methoxy groups -OCH3 is 1. The van der Waals surface area contributed by atoms with Gasteiger partial charge < -0.3 is 15.4 Å². The molecule has 0 radical (unpaired) electrons. The Morgan fingerprint density at radius 1 is 1.15 bits per heavy atom. The molecule has 0 unspecified atom stereocenters. The number of rotatable bonds is 4. The van der Waals surface area contributed by atoms with E-state index in [2.05, 4.69) is 28.8 Å². The van der Waals surface area contributed by atoms with E-state index in [4.69, 9.17) is 15.5 Å². The van der Waals surface area contributed by atoms with Gasteiger partial charge in [-0.3, -0.25) is 0 Å². The summed E-state index contributed by atoms with van der Waals surface area (Å²) in [6.45, 7) is 7.22. The predicted molar refractivity (Wildman–Crippen MR) is 107 cm³/mol. The van der Waals surface area contributed by atoms with Crippen molar-refractivity contribution >= 4 is 22.8 Å². The summed E-state index contributed by atoms with van der Waals surface area (Å²) in [6.07, 6.45) is 4.12. The molecule has 1 aliphatic rings. The normalized spacial score (nSPS) is 16.6. The predicted octanol–water partition coefficient (Wildman–Crippen LogP) is 3.09. The maximum absolute atomic E-state index is 6.07. The van der Waals surface area contributed by atoms with Crippen molar-refractivity contribution in [3.8, 4) is 5.75 Å². The largest absolute Gasteiger partial charge is 0.497 e. The van der Waals surface area contributed by atoms with Crippen molar-refractivity contribution in [1.82, 2.24) is 19.7 Å². The molecule has 3 heterocycles. The second kappa shape index (κ2) is 6.72. The summed E-state index contributed by atoms with van der Waals surface area (Å²) in [4.78, 5) is 11.7. The summed E-state index contributed by atoms with van der Waals surface area (Å²) in [6, 6.07) is 7.92. The monoisotopic (exact) mass is 366 g/mol. The minimum Gasteiger partial charge on any atom is -0.497 e. The number of ether oxygens (including phenoxy) is 1. The Bertz CT molecular complexity index is 937. The van der Waals surface area contributed by atoms with Crippen LogP contribution in [0.5, 0.6) is 5.75 Å². The topological polar surface area (TPSA) is 82.1 Å². The van der Waals surface area contributed by atoms with Crippen LogP contribution in [0, 0.1) is 5.41 Å². The molecule has 27 heavy (non-hydrogen) atoms. The molecule has 4 rings (SSSR count). The molecule has 0 bridgehead atoms. The zero-order valence-electron chi connectivity index (χ0n) is 16.1. The Hall–Kier alpha value is -2.83. The van der Waals surface area contributed by atoms with E-state index in [1.807, 2.05) is 35.1 Å². The summed E-state index contributed by atoms with van der Waals surface area (Å²) >= 11 is 0. The van der Waals surface area contributed by atoms with Gasteiger partial charge in [0.1, 0.15) is 11.6 Å². The second-order valence-corrected chi connectivity index (χ2v) is 7.94. The zero-order chi connectivity index (χ0) is 19.0. The molecular formula is C20H26N6O. The van der Waals surface area contributed by atoms with Gasteiger partial charge in [0.25, 0.3) is 0 Å². The molecule has 1 aromatic carbocycles. The Kier molecular flexibility index (Phi) is 4.37. The van der Waals surface area contributed by atoms with Crippen molar-refractivity contribution < 1.29 is 4.74 Å². The van der Waals surface area contributed by atoms with Crippen molar-refractivity contribution in [2.45, 2.75) is 33.2 Å². The fraction of sp³-hybridized carbons (Fsp3) is 0.450. The standard InChI is InChI=1S/C20H26N6O/c1-20(2)8-10-25(11-9-20)16-12-22-17-18(21)24-26(19(17)23-16)13-14-4-6-15(27-3)7-5-14/h4-7,12H,8-11,13H2,1-3H3,(H2,21,24). The number of hydrogen-bond donors (Lipinski definition) is 1. The van der Waals surface area contributed by atoms with Crippen molar-refractivity contribution in [2.75, 3.05) is 30.8 Å². The molecule has 7 nitrogen and oxygen atoms in total. The van der Waals surface area contributed by atoms with Gasteiger partial charge in [0.15, 0.2) is 17.0 Å². The van der Waals surface area contributed by atoms with Crippen LogP contribution in [-0.4, -0.2) is 39.9 Å². The molecule has 1 fully saturated rings. The lowest BCUT2D eigenvalue weighted by atomic mass is 9.83. The number of anilines is 2. The molecule has 3 aromatic rings. The minimum atomic E-state index is 0.397. The molecule has 0 aliphatic carbocycles. The number of aromatic nitrogens is 4. The highest BCUT2D eigenvalue weighted by Gasteiger charge is 2.26. The average molecular weight is 366 g/mol. The third-order valence-corrected chi connectivity index (χ3v) is 5.39. The van der Waals surface area contributed by atoms with E-state index in [1.54, 1.807) is 7.11 Å². The molecule has 142 valence electrons. The summed E-state index contributed by atoms with van der Waals surface area (Å²) in [5.41, 5.74) is 8.96. The van der Waals surface area contributed by atoms with Crippen molar-refractivity contribution in [3.63, 3.8) is 0 Å². The summed E-state index contributed by atoms with van der Waals surface area (Å²) < 4.78 is 7.05. The van der Waals surface area contributed by atoms with Crippen LogP contribution in [0.1, 0.15) is 32.3 Å². The van der Waals surface area contributed by atoms with E-state index in [0.29, 0.717) is 23.3 Å². The molecule has 2 N–H and O–H groups in total. The number of nitrogen functional groups attached to an aromatic ring is 1. The smallest absolute Gasteiger partial charge is 0.181 e. The van der Waals surface area contributed by atoms with Gasteiger partial charge in [-0.15, -0.1) is 0 Å². The number of benzene rings is 1. The highest BCUT2D eigenvalue weighted by atomic mass is 16.5. The molecular weight excluding hydrogens is 340 g/mol. The Morgan fingerprint density at radius 3 is 2.52 bits per heavy atom. The second-order valence-electron chi connectivity index (χ2n) is 7.94. The summed E-state index contributed by atoms with van der Waals surface area (Å²) in [5.74, 6) is 2.14. The summed E-state index contributed by atoms with van der Waals surface area (Å²) in [7, 11) is 1.66. The van der Waals surface area contributed by atoms with Crippen molar-refractivity contribution in [1.29, 1.82) is 0 Å². The van der Waals surface area contributed by atoms with Gasteiger partial charge in [-0.2, -0.15) is 5.10 Å². The maximum Gasteiger partial charge on any atom is 0.181 e. The van der Waals surface area contributed by atoms with Gasteiger partial charge >= 0.3 is 0 Å². The quantitative estimate of drug-likeness (QED) is 0.764. The fourth-order valence-corrected chi connectivity index (χ4v) is 3.46. The first-order valence-corrected chi connectivity index (χ1v) is 9.32. The molecule has 0 saturated carbocycles. The van der Waals surface area contributed by atoms with Crippen LogP contribution in [0.25, 0.3) is 11.2 Å². The molecule has 1 saturated heterocycles. The van der Waals surface area contributed by atoms with Gasteiger partial charge in [-0.1, -0.05) is 26.0 Å². The van der Waals surface area contributed by atoms with Crippen molar-refractivity contribution in [2.24, 2.45) is 5.41 Å². The van der Waals surface area contributed by atoms with E-state index in [1.165, 1.54) is 0 Å². The Labute approximate surface area is 159 Å². The van der Waals surface area contributed by atoms with Gasteiger partial charge in [0, 0.05) is 13.1 Å². The van der Waals surface area contributed by atoms with Gasteiger partial charge in [0.05, 0.1) is 19.9 Å². The van der Waals surface area contributed by atoms with Crippen LogP contribution in [0.15, 0.2) is 30.5 Å². The van der Waals surface area contributed by atoms with Gasteiger partial charge in [-0.25, -0.2) is 14.6 Å². The first kappa shape index (κ1) is 17.6. The van der Waals surface area contributed by atoms with Crippen LogP contribution < -0.4 is 15.4 Å². The summed E-state index contributed by atoms with van der Waals surface area (Å²) in [5, 5.41) is 4.46. The first-order valence-electron chi connectivity index (χ1n) is 9.32. The van der Waals surface area contributed by atoms with Crippen LogP contribution >= 0.6 is 0 Å². The number of piperidine rings is 1. The van der Waals surface area contributed by atoms with Gasteiger partial charge in [-0.05, 0) is 36.0 Å². The number of hydrogen-bond acceptors (Lipinski definition) is 6. The van der Waals surface area contributed by atoms with Crippen LogP contribution in [0.4, 0.5) is 11.6 Å². The molecule has 0 atom stereocenters. The third-order valence-electron chi connectivity index (χ3n) is 5.39. The minimum absolute atomic E-state index is 0.397. The SMILES string of the molecule is COc1ccc(Cn2nc(N)c3ncc(N4CCC(C)(C)CC4)nc32)cc1. The number of nitrogens with two attached hydrogens (primary N) is 1. The lowest BCUT2D eigenvalue weighted by molar-refractivity contribution is 0.279. The first-order chi connectivity index (χ1) is 12.9. The number of fused-ring (bicyclic) bond motifs is 1. The third kappa shape index (κ3) is 3.54. The molecule has 1 aliphatic heterocycles. The van der Waals surface area contributed by atoms with E-state index < -0.39 is 0 Å². The van der Waals surface area contributed by atoms with Crippen LogP contribution in [0.3, 0.4) is 0 Å². The van der Waals surface area contributed by atoms with E-state index in [9.17, 15) is 0 Å². The zero-order valence-corrected chi connectivity index (χ0v) is 16.1. The van der Waals surface area contributed by atoms with Crippen LogP contribution in [-0.2, 0) is 6.54 Å². The van der Waals surface area contributed by atoms with E-state index in [0.717, 1.165) is 48.7 Å². The molecule has 0 spiro atoms. The molecule has 0 amide bonds. The number of nitrogens with zero attached hydrogens (tertiary/aromatic N) is 5.